The van der Waals surface area contributed by atoms with Crippen LogP contribution < -0.4 is 14.8 Å². The third-order valence-corrected chi connectivity index (χ3v) is 2.76. The molecule has 1 saturated heterocycles. The molecule has 1 aliphatic rings. The average Bonchev–Trinajstić information content (AvgIpc) is 2.33. The first-order chi connectivity index (χ1) is 8.20. The highest BCUT2D eigenvalue weighted by Crippen LogP contribution is 2.32. The Morgan fingerprint density at radius 3 is 2.59 bits per heavy atom. The van der Waals surface area contributed by atoms with Gasteiger partial charge in [-0.2, -0.15) is 0 Å². The normalized spacial score (nSPS) is 16.9. The Balaban J connectivity index is 2.18. The second-order valence-electron chi connectivity index (χ2n) is 3.99. The fraction of sp³-hybridized carbons (Fsp3) is 0.500. The third kappa shape index (κ3) is 2.85. The molecular formula is C12H15F2NO2. The van der Waals surface area contributed by atoms with Gasteiger partial charge in [0.15, 0.2) is 17.3 Å². The minimum Gasteiger partial charge on any atom is -0.493 e. The summed E-state index contributed by atoms with van der Waals surface area (Å²) in [6, 6.07) is 1.93. The van der Waals surface area contributed by atoms with Crippen LogP contribution in [0.25, 0.3) is 0 Å². The SMILES string of the molecule is COc1cc(F)cc(F)c1OC1CCNCC1. The molecule has 1 aromatic carbocycles. The number of methoxy groups -OCH3 is 1. The molecule has 1 heterocycles. The fourth-order valence-corrected chi connectivity index (χ4v) is 1.88. The van der Waals surface area contributed by atoms with Crippen molar-refractivity contribution in [2.45, 2.75) is 18.9 Å². The lowest BCUT2D eigenvalue weighted by atomic mass is 10.1. The first kappa shape index (κ1) is 12.1. The van der Waals surface area contributed by atoms with E-state index in [2.05, 4.69) is 5.32 Å². The summed E-state index contributed by atoms with van der Waals surface area (Å²) in [4.78, 5) is 0. The van der Waals surface area contributed by atoms with Gasteiger partial charge >= 0.3 is 0 Å². The second kappa shape index (κ2) is 5.31. The number of ether oxygens (including phenoxy) is 2. The van der Waals surface area contributed by atoms with Crippen molar-refractivity contribution in [3.63, 3.8) is 0 Å². The lowest BCUT2D eigenvalue weighted by Gasteiger charge is -2.24. The summed E-state index contributed by atoms with van der Waals surface area (Å²) in [5.41, 5.74) is 0. The molecule has 0 aromatic heterocycles. The number of benzene rings is 1. The Morgan fingerprint density at radius 2 is 1.94 bits per heavy atom. The van der Waals surface area contributed by atoms with E-state index in [1.807, 2.05) is 0 Å². The maximum atomic E-state index is 13.6. The van der Waals surface area contributed by atoms with E-state index >= 15 is 0 Å². The van der Waals surface area contributed by atoms with E-state index in [0.717, 1.165) is 38.1 Å². The summed E-state index contributed by atoms with van der Waals surface area (Å²) in [6.07, 6.45) is 1.56. The zero-order chi connectivity index (χ0) is 12.3. The van der Waals surface area contributed by atoms with Crippen LogP contribution in [0.15, 0.2) is 12.1 Å². The van der Waals surface area contributed by atoms with Crippen molar-refractivity contribution in [1.29, 1.82) is 0 Å². The van der Waals surface area contributed by atoms with E-state index in [0.29, 0.717) is 0 Å². The van der Waals surface area contributed by atoms with E-state index < -0.39 is 11.6 Å². The van der Waals surface area contributed by atoms with Gasteiger partial charge < -0.3 is 14.8 Å². The number of rotatable bonds is 3. The van der Waals surface area contributed by atoms with Crippen LogP contribution in [0.5, 0.6) is 11.5 Å². The molecule has 1 N–H and O–H groups in total. The molecule has 2 rings (SSSR count). The zero-order valence-electron chi connectivity index (χ0n) is 9.63. The lowest BCUT2D eigenvalue weighted by molar-refractivity contribution is 0.149. The second-order valence-corrected chi connectivity index (χ2v) is 3.99. The van der Waals surface area contributed by atoms with Crippen LogP contribution in [-0.4, -0.2) is 26.3 Å². The van der Waals surface area contributed by atoms with Crippen LogP contribution in [0.2, 0.25) is 0 Å². The summed E-state index contributed by atoms with van der Waals surface area (Å²) in [6.45, 7) is 1.69. The Labute approximate surface area is 98.7 Å². The molecule has 0 bridgehead atoms. The summed E-state index contributed by atoms with van der Waals surface area (Å²) >= 11 is 0. The number of nitrogens with one attached hydrogen (secondary N) is 1. The summed E-state index contributed by atoms with van der Waals surface area (Å²) in [7, 11) is 1.36. The van der Waals surface area contributed by atoms with Gasteiger partial charge in [-0.1, -0.05) is 0 Å². The van der Waals surface area contributed by atoms with Crippen molar-refractivity contribution in [1.82, 2.24) is 5.32 Å². The molecule has 0 radical (unpaired) electrons. The fourth-order valence-electron chi connectivity index (χ4n) is 1.88. The molecule has 0 unspecified atom stereocenters. The third-order valence-electron chi connectivity index (χ3n) is 2.76. The Kier molecular flexibility index (Phi) is 3.78. The minimum absolute atomic E-state index is 0.000741. The standard InChI is InChI=1S/C12H15F2NO2/c1-16-11-7-8(13)6-10(14)12(11)17-9-2-4-15-5-3-9/h6-7,9,15H,2-5H2,1H3. The molecule has 3 nitrogen and oxygen atoms in total. The molecule has 0 atom stereocenters. The van der Waals surface area contributed by atoms with Gasteiger partial charge in [-0.05, 0) is 25.9 Å². The van der Waals surface area contributed by atoms with Crippen molar-refractivity contribution in [3.05, 3.63) is 23.8 Å². The van der Waals surface area contributed by atoms with Crippen molar-refractivity contribution in [2.75, 3.05) is 20.2 Å². The molecular weight excluding hydrogens is 228 g/mol. The topological polar surface area (TPSA) is 30.5 Å². The van der Waals surface area contributed by atoms with Crippen molar-refractivity contribution < 1.29 is 18.3 Å². The van der Waals surface area contributed by atoms with Crippen LogP contribution in [-0.2, 0) is 0 Å². The predicted molar refractivity (Wildman–Crippen MR) is 59.4 cm³/mol. The smallest absolute Gasteiger partial charge is 0.197 e. The van der Waals surface area contributed by atoms with Crippen LogP contribution >= 0.6 is 0 Å². The Morgan fingerprint density at radius 1 is 1.24 bits per heavy atom. The summed E-state index contributed by atoms with van der Waals surface area (Å²) in [5.74, 6) is -1.29. The molecule has 0 spiro atoms. The van der Waals surface area contributed by atoms with E-state index in [-0.39, 0.29) is 17.6 Å². The summed E-state index contributed by atoms with van der Waals surface area (Å²) < 4.78 is 37.1. The molecule has 0 amide bonds. The quantitative estimate of drug-likeness (QED) is 0.882. The molecule has 5 heteroatoms. The van der Waals surface area contributed by atoms with Gasteiger partial charge in [-0.3, -0.25) is 0 Å². The molecule has 94 valence electrons. The van der Waals surface area contributed by atoms with Crippen molar-refractivity contribution in [2.24, 2.45) is 0 Å². The number of hydrogen-bond acceptors (Lipinski definition) is 3. The van der Waals surface area contributed by atoms with Crippen LogP contribution in [0.4, 0.5) is 8.78 Å². The predicted octanol–water partition coefficient (Wildman–Crippen LogP) is 2.10. The maximum absolute atomic E-state index is 13.6. The van der Waals surface area contributed by atoms with Crippen molar-refractivity contribution in [3.8, 4) is 11.5 Å². The molecule has 1 fully saturated rings. The lowest BCUT2D eigenvalue weighted by Crippen LogP contribution is -2.34. The maximum Gasteiger partial charge on any atom is 0.197 e. The van der Waals surface area contributed by atoms with E-state index in [4.69, 9.17) is 9.47 Å². The van der Waals surface area contributed by atoms with Crippen LogP contribution in [0, 0.1) is 11.6 Å². The van der Waals surface area contributed by atoms with Gasteiger partial charge in [0.1, 0.15) is 11.9 Å². The van der Waals surface area contributed by atoms with Gasteiger partial charge in [-0.15, -0.1) is 0 Å². The van der Waals surface area contributed by atoms with Gasteiger partial charge in [0, 0.05) is 12.1 Å². The number of halogens is 2. The largest absolute Gasteiger partial charge is 0.493 e. The van der Waals surface area contributed by atoms with Crippen LogP contribution in [0.1, 0.15) is 12.8 Å². The van der Waals surface area contributed by atoms with Crippen LogP contribution in [0.3, 0.4) is 0 Å². The summed E-state index contributed by atoms with van der Waals surface area (Å²) in [5, 5.41) is 3.19. The van der Waals surface area contributed by atoms with Gasteiger partial charge in [0.05, 0.1) is 7.11 Å². The van der Waals surface area contributed by atoms with E-state index in [9.17, 15) is 8.78 Å². The molecule has 1 aliphatic heterocycles. The first-order valence-electron chi connectivity index (χ1n) is 5.61. The molecule has 0 saturated carbocycles. The average molecular weight is 243 g/mol. The Bertz CT molecular complexity index is 392. The highest BCUT2D eigenvalue weighted by molar-refractivity contribution is 5.41. The highest BCUT2D eigenvalue weighted by atomic mass is 19.1. The number of piperidine rings is 1. The van der Waals surface area contributed by atoms with Crippen molar-refractivity contribution >= 4 is 0 Å². The molecule has 0 aliphatic carbocycles. The molecule has 1 aromatic rings. The van der Waals surface area contributed by atoms with Gasteiger partial charge in [-0.25, -0.2) is 8.78 Å². The van der Waals surface area contributed by atoms with E-state index in [1.54, 1.807) is 0 Å². The number of hydrogen-bond donors (Lipinski definition) is 1. The zero-order valence-corrected chi connectivity index (χ0v) is 9.63. The first-order valence-corrected chi connectivity index (χ1v) is 5.61. The van der Waals surface area contributed by atoms with E-state index in [1.165, 1.54) is 7.11 Å². The highest BCUT2D eigenvalue weighted by Gasteiger charge is 2.20. The Hall–Kier alpha value is -1.36. The minimum atomic E-state index is -0.722. The van der Waals surface area contributed by atoms with Gasteiger partial charge in [0.2, 0.25) is 0 Å². The van der Waals surface area contributed by atoms with Gasteiger partial charge in [0.25, 0.3) is 0 Å². The molecule has 17 heavy (non-hydrogen) atoms. The monoisotopic (exact) mass is 243 g/mol.